The summed E-state index contributed by atoms with van der Waals surface area (Å²) in [6, 6.07) is 5.69. The average molecular weight is 358 g/mol. The van der Waals surface area contributed by atoms with E-state index in [1.54, 1.807) is 0 Å². The Labute approximate surface area is 132 Å². The number of nitrogen functional groups attached to an aromatic ring is 1. The average Bonchev–Trinajstić information content (AvgIpc) is 2.88. The molecule has 3 unspecified atom stereocenters. The van der Waals surface area contributed by atoms with E-state index in [0.717, 1.165) is 41.7 Å². The van der Waals surface area contributed by atoms with Gasteiger partial charge in [-0.3, -0.25) is 0 Å². The number of ether oxygens (including phenoxy) is 1. The summed E-state index contributed by atoms with van der Waals surface area (Å²) in [6.07, 6.45) is 2.44. The molecule has 3 atom stereocenters. The SMILES string of the molecule is Nc1ccc(Br)cc1C(O)C1CCOC2(CCSC2)C1. The molecule has 2 aliphatic rings. The van der Waals surface area contributed by atoms with Crippen LogP contribution in [0.2, 0.25) is 0 Å². The number of thioether (sulfide) groups is 1. The number of hydrogen-bond acceptors (Lipinski definition) is 4. The third-order valence-corrected chi connectivity index (χ3v) is 6.13. The van der Waals surface area contributed by atoms with Crippen LogP contribution in [0.1, 0.15) is 30.9 Å². The van der Waals surface area contributed by atoms with E-state index in [1.165, 1.54) is 5.75 Å². The van der Waals surface area contributed by atoms with Crippen LogP contribution < -0.4 is 5.73 Å². The second kappa shape index (κ2) is 5.87. The molecule has 3 N–H and O–H groups in total. The van der Waals surface area contributed by atoms with E-state index in [0.29, 0.717) is 5.69 Å². The topological polar surface area (TPSA) is 55.5 Å². The molecule has 5 heteroatoms. The van der Waals surface area contributed by atoms with E-state index >= 15 is 0 Å². The first-order chi connectivity index (χ1) is 9.60. The van der Waals surface area contributed by atoms with Crippen LogP contribution in [0, 0.1) is 5.92 Å². The maximum absolute atomic E-state index is 10.7. The Morgan fingerprint density at radius 2 is 2.35 bits per heavy atom. The summed E-state index contributed by atoms with van der Waals surface area (Å²) >= 11 is 5.41. The second-order valence-electron chi connectivity index (χ2n) is 5.81. The first kappa shape index (κ1) is 14.7. The molecule has 1 aromatic carbocycles. The van der Waals surface area contributed by atoms with E-state index in [2.05, 4.69) is 15.9 Å². The van der Waals surface area contributed by atoms with Crippen LogP contribution in [0.4, 0.5) is 5.69 Å². The lowest BCUT2D eigenvalue weighted by Gasteiger charge is -2.39. The van der Waals surface area contributed by atoms with Gasteiger partial charge >= 0.3 is 0 Å². The van der Waals surface area contributed by atoms with Gasteiger partial charge in [0, 0.05) is 28.1 Å². The van der Waals surface area contributed by atoms with Gasteiger partial charge in [-0.25, -0.2) is 0 Å². The zero-order valence-electron chi connectivity index (χ0n) is 11.3. The Morgan fingerprint density at radius 3 is 3.10 bits per heavy atom. The van der Waals surface area contributed by atoms with Gasteiger partial charge in [0.2, 0.25) is 0 Å². The molecule has 0 bridgehead atoms. The first-order valence-electron chi connectivity index (χ1n) is 7.04. The van der Waals surface area contributed by atoms with Gasteiger partial charge in [-0.2, -0.15) is 11.8 Å². The molecule has 1 aromatic rings. The van der Waals surface area contributed by atoms with Crippen LogP contribution in [0.25, 0.3) is 0 Å². The van der Waals surface area contributed by atoms with Gasteiger partial charge < -0.3 is 15.6 Å². The van der Waals surface area contributed by atoms with Gasteiger partial charge in [0.15, 0.2) is 0 Å². The fourth-order valence-corrected chi connectivity index (χ4v) is 5.01. The normalized spacial score (nSPS) is 31.6. The molecule has 1 spiro atoms. The quantitative estimate of drug-likeness (QED) is 0.796. The standard InChI is InChI=1S/C15H20BrNO2S/c16-11-1-2-13(17)12(7-11)14(18)10-3-5-19-15(8-10)4-6-20-9-15/h1-2,7,10,14,18H,3-6,8-9,17H2. The van der Waals surface area contributed by atoms with Crippen molar-refractivity contribution < 1.29 is 9.84 Å². The Bertz CT molecular complexity index is 491. The number of aliphatic hydroxyl groups is 1. The summed E-state index contributed by atoms with van der Waals surface area (Å²) < 4.78 is 6.98. The van der Waals surface area contributed by atoms with E-state index in [-0.39, 0.29) is 11.5 Å². The van der Waals surface area contributed by atoms with Crippen LogP contribution in [0.3, 0.4) is 0 Å². The van der Waals surface area contributed by atoms with Crippen molar-refractivity contribution in [2.75, 3.05) is 23.8 Å². The van der Waals surface area contributed by atoms with Gasteiger partial charge in [-0.05, 0) is 49.1 Å². The fraction of sp³-hybridized carbons (Fsp3) is 0.600. The largest absolute Gasteiger partial charge is 0.398 e. The number of aliphatic hydroxyl groups excluding tert-OH is 1. The van der Waals surface area contributed by atoms with E-state index in [4.69, 9.17) is 10.5 Å². The van der Waals surface area contributed by atoms with Gasteiger partial charge in [0.1, 0.15) is 0 Å². The molecule has 2 heterocycles. The molecule has 0 radical (unpaired) electrons. The molecule has 3 nitrogen and oxygen atoms in total. The molecule has 0 aliphatic carbocycles. The highest BCUT2D eigenvalue weighted by atomic mass is 79.9. The third kappa shape index (κ3) is 2.86. The Morgan fingerprint density at radius 1 is 1.50 bits per heavy atom. The minimum Gasteiger partial charge on any atom is -0.398 e. The van der Waals surface area contributed by atoms with Crippen LogP contribution >= 0.6 is 27.7 Å². The highest BCUT2D eigenvalue weighted by molar-refractivity contribution is 9.10. The summed E-state index contributed by atoms with van der Waals surface area (Å²) in [6.45, 7) is 0.746. The van der Waals surface area contributed by atoms with Crippen molar-refractivity contribution in [3.8, 4) is 0 Å². The number of hydrogen-bond donors (Lipinski definition) is 2. The number of benzene rings is 1. The van der Waals surface area contributed by atoms with Crippen LogP contribution in [-0.2, 0) is 4.74 Å². The second-order valence-corrected chi connectivity index (χ2v) is 7.83. The predicted octanol–water partition coefficient (Wildman–Crippen LogP) is 3.37. The molecular formula is C15H20BrNO2S. The van der Waals surface area contributed by atoms with Gasteiger partial charge in [0.05, 0.1) is 11.7 Å². The molecule has 110 valence electrons. The fourth-order valence-electron chi connectivity index (χ4n) is 3.25. The predicted molar refractivity (Wildman–Crippen MR) is 86.9 cm³/mol. The van der Waals surface area contributed by atoms with E-state index < -0.39 is 6.10 Å². The third-order valence-electron chi connectivity index (χ3n) is 4.41. The Balaban J connectivity index is 1.79. The van der Waals surface area contributed by atoms with Crippen molar-refractivity contribution in [2.24, 2.45) is 5.92 Å². The van der Waals surface area contributed by atoms with Crippen LogP contribution in [0.5, 0.6) is 0 Å². The number of anilines is 1. The number of nitrogens with two attached hydrogens (primary N) is 1. The van der Waals surface area contributed by atoms with E-state index in [1.807, 2.05) is 30.0 Å². The molecule has 0 saturated carbocycles. The van der Waals surface area contributed by atoms with Crippen molar-refractivity contribution in [1.29, 1.82) is 0 Å². The van der Waals surface area contributed by atoms with Crippen LogP contribution in [-0.4, -0.2) is 28.8 Å². The summed E-state index contributed by atoms with van der Waals surface area (Å²) in [5, 5.41) is 10.7. The number of rotatable bonds is 2. The molecule has 3 rings (SSSR count). The summed E-state index contributed by atoms with van der Waals surface area (Å²) in [5.41, 5.74) is 7.53. The molecule has 2 fully saturated rings. The monoisotopic (exact) mass is 357 g/mol. The van der Waals surface area contributed by atoms with Gasteiger partial charge in [-0.15, -0.1) is 0 Å². The highest BCUT2D eigenvalue weighted by Crippen LogP contribution is 2.44. The Kier molecular flexibility index (Phi) is 4.32. The number of halogens is 1. The maximum atomic E-state index is 10.7. The molecule has 2 saturated heterocycles. The van der Waals surface area contributed by atoms with Crippen molar-refractivity contribution >= 4 is 33.4 Å². The molecule has 0 aromatic heterocycles. The maximum Gasteiger partial charge on any atom is 0.0840 e. The molecular weight excluding hydrogens is 338 g/mol. The lowest BCUT2D eigenvalue weighted by Crippen LogP contribution is -2.41. The van der Waals surface area contributed by atoms with Crippen molar-refractivity contribution in [2.45, 2.75) is 31.0 Å². The van der Waals surface area contributed by atoms with E-state index in [9.17, 15) is 5.11 Å². The summed E-state index contributed by atoms with van der Waals surface area (Å²) in [4.78, 5) is 0. The smallest absolute Gasteiger partial charge is 0.0840 e. The minimum atomic E-state index is -0.501. The minimum absolute atomic E-state index is 0.00463. The Hall–Kier alpha value is -0.230. The zero-order chi connectivity index (χ0) is 14.2. The lowest BCUT2D eigenvalue weighted by molar-refractivity contribution is -0.102. The van der Waals surface area contributed by atoms with Gasteiger partial charge in [0.25, 0.3) is 0 Å². The van der Waals surface area contributed by atoms with Gasteiger partial charge in [-0.1, -0.05) is 15.9 Å². The summed E-state index contributed by atoms with van der Waals surface area (Å²) in [5.74, 6) is 2.46. The molecule has 2 aliphatic heterocycles. The first-order valence-corrected chi connectivity index (χ1v) is 8.99. The molecule has 0 amide bonds. The van der Waals surface area contributed by atoms with Crippen molar-refractivity contribution in [1.82, 2.24) is 0 Å². The molecule has 20 heavy (non-hydrogen) atoms. The highest BCUT2D eigenvalue weighted by Gasteiger charge is 2.42. The summed E-state index contributed by atoms with van der Waals surface area (Å²) in [7, 11) is 0. The van der Waals surface area contributed by atoms with Crippen molar-refractivity contribution in [3.63, 3.8) is 0 Å². The van der Waals surface area contributed by atoms with Crippen molar-refractivity contribution in [3.05, 3.63) is 28.2 Å². The lowest BCUT2D eigenvalue weighted by atomic mass is 9.80. The zero-order valence-corrected chi connectivity index (χ0v) is 13.8. The van der Waals surface area contributed by atoms with Crippen LogP contribution in [0.15, 0.2) is 22.7 Å².